The Labute approximate surface area is 568 Å². The number of likely N-dealkylation sites (tertiary alicyclic amines) is 1. The number of likely N-dealkylation sites (N-methyl/N-ethyl adjacent to an activating group) is 1. The second-order valence-electron chi connectivity index (χ2n) is 22.2. The second-order valence-corrected chi connectivity index (χ2v) is 23.6. The van der Waals surface area contributed by atoms with Crippen molar-refractivity contribution >= 4 is 98.3 Å². The number of benzene rings is 6. The van der Waals surface area contributed by atoms with E-state index in [1.807, 2.05) is 128 Å². The zero-order valence-corrected chi connectivity index (χ0v) is 56.0. The fourth-order valence-electron chi connectivity index (χ4n) is 10.3. The van der Waals surface area contributed by atoms with E-state index in [0.717, 1.165) is 84.6 Å². The first-order valence-electron chi connectivity index (χ1n) is 30.0. The number of aryl methyl sites for hydroxylation is 1. The average Bonchev–Trinajstić information content (AvgIpc) is 1.21. The van der Waals surface area contributed by atoms with E-state index in [0.29, 0.717) is 55.8 Å². The number of amides is 4. The van der Waals surface area contributed by atoms with Gasteiger partial charge in [-0.2, -0.15) is 5.53 Å². The molecule has 2 saturated heterocycles. The number of hydrogen-bond donors (Lipinski definition) is 4. The number of para-hydroxylation sites is 3. The molecule has 10 rings (SSSR count). The van der Waals surface area contributed by atoms with Gasteiger partial charge in [0.05, 0.1) is 50.5 Å². The third-order valence-electron chi connectivity index (χ3n) is 14.6. The van der Waals surface area contributed by atoms with Crippen molar-refractivity contribution < 1.29 is 33.5 Å². The SMILES string of the molecule is CON(C)C(=O)[C@@H]1CCCN1C(=O)OC(C)(C)C.Cc1cccc(Cl)c1C(=O)Nc1ccccc1.N=N/N=N/N=N/N=N/N=N/N=NCl.O=C(Nc1ccccc1)c1c(Cl)cccc1CC(=O)C1CCCC1.O=c1c2c(Cl)cccc2cc([C@@H]2CCCN2)n1-c1ccccc1. The number of pyridine rings is 1. The van der Waals surface area contributed by atoms with E-state index in [9.17, 15) is 28.8 Å². The number of hydroxylamine groups is 2. The van der Waals surface area contributed by atoms with Crippen molar-refractivity contribution in [1.29, 1.82) is 5.53 Å². The van der Waals surface area contributed by atoms with E-state index < -0.39 is 17.7 Å². The number of carbonyl (C=O) groups excluding carboxylic acids is 5. The first-order valence-corrected chi connectivity index (χ1v) is 31.4. The molecule has 4 amide bonds. The molecule has 498 valence electrons. The summed E-state index contributed by atoms with van der Waals surface area (Å²) in [5.74, 6) is -0.335. The van der Waals surface area contributed by atoms with Crippen LogP contribution in [0.4, 0.5) is 16.2 Å². The van der Waals surface area contributed by atoms with Crippen LogP contribution in [0.15, 0.2) is 213 Å². The van der Waals surface area contributed by atoms with Crippen LogP contribution in [0.5, 0.6) is 0 Å². The number of aromatic nitrogens is 1. The van der Waals surface area contributed by atoms with Crippen LogP contribution in [0, 0.1) is 18.4 Å². The number of anilines is 2. The van der Waals surface area contributed by atoms with Crippen LogP contribution in [-0.4, -0.2) is 83.0 Å². The smallest absolute Gasteiger partial charge is 0.410 e. The number of hydrogen-bond acceptors (Lipinski definition) is 11. The number of nitrogens with zero attached hydrogens (tertiary/aromatic N) is 14. The first kappa shape index (κ1) is 74.6. The Morgan fingerprint density at radius 3 is 1.74 bits per heavy atom. The van der Waals surface area contributed by atoms with Gasteiger partial charge in [0.1, 0.15) is 17.4 Å². The van der Waals surface area contributed by atoms with E-state index >= 15 is 0 Å². The molecule has 2 atom stereocenters. The number of rotatable bonds is 16. The minimum Gasteiger partial charge on any atom is -0.444 e. The minimum absolute atomic E-state index is 0.0528. The van der Waals surface area contributed by atoms with Crippen molar-refractivity contribution in [3.63, 3.8) is 0 Å². The van der Waals surface area contributed by atoms with Crippen molar-refractivity contribution in [3.8, 4) is 5.69 Å². The molecule has 1 aliphatic carbocycles. The van der Waals surface area contributed by atoms with Crippen molar-refractivity contribution in [1.82, 2.24) is 19.8 Å². The molecule has 1 aromatic heterocycles. The summed E-state index contributed by atoms with van der Waals surface area (Å²) < 4.78 is 9.80. The van der Waals surface area contributed by atoms with Gasteiger partial charge in [0.15, 0.2) is 0 Å². The second kappa shape index (κ2) is 38.7. The number of carbonyl (C=O) groups is 5. The Kier molecular flexibility index (Phi) is 30.4. The monoisotopic (exact) mass is 1370 g/mol. The van der Waals surface area contributed by atoms with Gasteiger partial charge in [0, 0.05) is 54.7 Å². The third kappa shape index (κ3) is 23.2. The maximum absolute atomic E-state index is 13.2. The minimum atomic E-state index is -0.555. The van der Waals surface area contributed by atoms with Crippen LogP contribution in [0.1, 0.15) is 116 Å². The lowest BCUT2D eigenvalue weighted by Crippen LogP contribution is -2.47. The molecule has 0 spiro atoms. The standard InChI is InChI=1S/C20H20ClNO2.C19H17ClN2O.C14H12ClNO.C12H22N2O4.ClHN12/c21-17-12-6-9-15(13-18(23)14-7-4-5-8-14)19(17)20(24)22-16-10-2-1-3-11-16;20-15-9-4-6-13-12-17(16-10-5-11-21-16)22(19(23)18(13)15)14-7-2-1-3-8-14;1-10-6-5-9-12(15)13(10)14(17)16-11-7-3-2-4-8-11;1-12(2,3)18-11(16)14-8-6-7-9(14)10(15)13(4)17-5;1-3-5-7-9-11-13-12-10-8-6-4-2/h1-3,6,9-12,14H,4-5,7-8,13H2,(H,22,24);1-4,6-9,12,16,21H,5,10-11H2;2-9H,1H3,(H,16,17);9H,6-8H2,1-5H3;2H/b;;;;4-2?,5-3?,8-6+,9-7+,12-10+,13-11+/t;16-;;9-;/m.0.0./s1. The quantitative estimate of drug-likeness (QED) is 0.0527. The maximum Gasteiger partial charge on any atom is 0.410 e. The van der Waals surface area contributed by atoms with Gasteiger partial charge in [-0.25, -0.2) is 9.86 Å². The average molecular weight is 1380 g/mol. The van der Waals surface area contributed by atoms with E-state index in [1.165, 1.54) is 19.1 Å². The number of ketones is 1. The molecule has 3 fully saturated rings. The first-order chi connectivity index (χ1) is 45.8. The number of fused-ring (bicyclic) bond motifs is 1. The summed E-state index contributed by atoms with van der Waals surface area (Å²) in [6.07, 6.45) is 7.60. The van der Waals surface area contributed by atoms with Gasteiger partial charge in [0.25, 0.3) is 23.3 Å². The normalized spacial score (nSPS) is 15.3. The number of Topliss-reactive ketones (excluding diaryl/α,β-unsaturated/α-hetero) is 1. The van der Waals surface area contributed by atoms with Gasteiger partial charge in [-0.3, -0.25) is 38.3 Å². The molecular formula is C65H72Cl4N18O8. The molecule has 2 aliphatic heterocycles. The van der Waals surface area contributed by atoms with Gasteiger partial charge in [-0.05, 0) is 202 Å². The van der Waals surface area contributed by atoms with E-state index in [2.05, 4.69) is 78.9 Å². The van der Waals surface area contributed by atoms with Crippen LogP contribution >= 0.6 is 46.6 Å². The van der Waals surface area contributed by atoms with Gasteiger partial charge >= 0.3 is 6.09 Å². The number of nitrogens with one attached hydrogen (secondary N) is 4. The largest absolute Gasteiger partial charge is 0.444 e. The number of halogens is 4. The van der Waals surface area contributed by atoms with Crippen LogP contribution in [0.3, 0.4) is 0 Å². The highest BCUT2D eigenvalue weighted by molar-refractivity contribution is 6.36. The molecule has 3 heterocycles. The molecule has 30 heteroatoms. The fraction of sp³-hybridized carbons (Fsp3) is 0.323. The summed E-state index contributed by atoms with van der Waals surface area (Å²) in [4.78, 5) is 80.7. The highest BCUT2D eigenvalue weighted by atomic mass is 35.5. The summed E-state index contributed by atoms with van der Waals surface area (Å²) in [6.45, 7) is 8.81. The van der Waals surface area contributed by atoms with Crippen molar-refractivity contribution in [2.75, 3.05) is 37.9 Å². The molecule has 0 bridgehead atoms. The lowest BCUT2D eigenvalue weighted by molar-refractivity contribution is -0.173. The zero-order chi connectivity index (χ0) is 68.7. The third-order valence-corrected chi connectivity index (χ3v) is 15.6. The Morgan fingerprint density at radius 2 is 1.19 bits per heavy atom. The number of ether oxygens (including phenoxy) is 1. The Morgan fingerprint density at radius 1 is 0.653 bits per heavy atom. The van der Waals surface area contributed by atoms with Crippen LogP contribution < -0.4 is 21.5 Å². The fourth-order valence-corrected chi connectivity index (χ4v) is 11.2. The Hall–Kier alpha value is -9.44. The lowest BCUT2D eigenvalue weighted by Gasteiger charge is -2.29. The topological polar surface area (TPSA) is 328 Å². The summed E-state index contributed by atoms with van der Waals surface area (Å²) in [6, 6.07) is 46.5. The van der Waals surface area contributed by atoms with Crippen LogP contribution in [0.25, 0.3) is 16.5 Å². The highest BCUT2D eigenvalue weighted by Gasteiger charge is 2.38. The molecule has 26 nitrogen and oxygen atoms in total. The molecule has 0 radical (unpaired) electrons. The van der Waals surface area contributed by atoms with Gasteiger partial charge < -0.3 is 20.7 Å². The molecular weight excluding hydrogens is 1300 g/mol. The molecule has 3 aliphatic rings. The predicted molar refractivity (Wildman–Crippen MR) is 363 cm³/mol. The van der Waals surface area contributed by atoms with Gasteiger partial charge in [0.2, 0.25) is 0 Å². The van der Waals surface area contributed by atoms with Crippen LogP contribution in [-0.2, 0) is 25.6 Å². The van der Waals surface area contributed by atoms with Gasteiger partial charge in [-0.15, -0.1) is 0 Å². The maximum atomic E-state index is 13.2. The summed E-state index contributed by atoms with van der Waals surface area (Å²) >= 11 is 23.3. The predicted octanol–water partition coefficient (Wildman–Crippen LogP) is 17.3. The zero-order valence-electron chi connectivity index (χ0n) is 53.0. The van der Waals surface area contributed by atoms with Crippen molar-refractivity contribution in [2.45, 2.75) is 103 Å². The van der Waals surface area contributed by atoms with Gasteiger partial charge in [-0.1, -0.05) is 143 Å². The van der Waals surface area contributed by atoms with E-state index in [-0.39, 0.29) is 47.4 Å². The summed E-state index contributed by atoms with van der Waals surface area (Å²) in [5, 5.41) is 41.7. The molecule has 4 N–H and O–H groups in total. The Bertz CT molecular complexity index is 3900. The summed E-state index contributed by atoms with van der Waals surface area (Å²) in [5.41, 5.74) is 11.4. The molecule has 1 saturated carbocycles. The molecule has 6 aromatic carbocycles. The van der Waals surface area contributed by atoms with Crippen LogP contribution in [0.2, 0.25) is 15.1 Å². The summed E-state index contributed by atoms with van der Waals surface area (Å²) in [7, 11) is 2.96. The molecule has 0 unspecified atom stereocenters. The van der Waals surface area contributed by atoms with E-state index in [4.69, 9.17) is 61.7 Å². The lowest BCUT2D eigenvalue weighted by atomic mass is 9.94. The van der Waals surface area contributed by atoms with E-state index in [1.54, 1.807) is 49.6 Å². The van der Waals surface area contributed by atoms with Crippen molar-refractivity contribution in [3.05, 3.63) is 205 Å². The molecule has 95 heavy (non-hydrogen) atoms. The highest BCUT2D eigenvalue weighted by Crippen LogP contribution is 2.32. The molecule has 7 aromatic rings. The Balaban J connectivity index is 0.000000191. The van der Waals surface area contributed by atoms with Crippen molar-refractivity contribution in [2.24, 2.45) is 62.8 Å².